The molecule has 0 bridgehead atoms. The number of ether oxygens (including phenoxy) is 2. The number of halogens is 1. The highest BCUT2D eigenvalue weighted by Crippen LogP contribution is 2.17. The van der Waals surface area contributed by atoms with Crippen LogP contribution in [-0.2, 0) is 6.61 Å². The van der Waals surface area contributed by atoms with Gasteiger partial charge in [0.2, 0.25) is 0 Å². The van der Waals surface area contributed by atoms with Gasteiger partial charge in [-0.15, -0.1) is 0 Å². The molecule has 0 atom stereocenters. The fourth-order valence-corrected chi connectivity index (χ4v) is 2.79. The summed E-state index contributed by atoms with van der Waals surface area (Å²) < 4.78 is 25.8. The number of hydrogen-bond acceptors (Lipinski definition) is 5. The number of aromatic nitrogens is 1. The lowest BCUT2D eigenvalue weighted by atomic mass is 10.2. The maximum absolute atomic E-state index is 13.0. The monoisotopic (exact) mass is 426 g/mol. The Labute approximate surface area is 181 Å². The summed E-state index contributed by atoms with van der Waals surface area (Å²) in [6, 6.07) is 16.3. The van der Waals surface area contributed by atoms with Crippen molar-refractivity contribution in [2.24, 2.45) is 0 Å². The van der Waals surface area contributed by atoms with E-state index in [2.05, 4.69) is 0 Å². The van der Waals surface area contributed by atoms with Crippen molar-refractivity contribution in [1.82, 2.24) is 9.47 Å². The summed E-state index contributed by atoms with van der Waals surface area (Å²) in [5.41, 5.74) is 0.395. The summed E-state index contributed by atoms with van der Waals surface area (Å²) in [6.45, 7) is 4.69. The third-order valence-electron chi connectivity index (χ3n) is 4.95. The van der Waals surface area contributed by atoms with E-state index in [9.17, 15) is 14.3 Å². The van der Waals surface area contributed by atoms with Crippen LogP contribution in [0.5, 0.6) is 11.5 Å². The average Bonchev–Trinajstić information content (AvgIpc) is 2.73. The Morgan fingerprint density at radius 1 is 1.00 bits per heavy atom. The summed E-state index contributed by atoms with van der Waals surface area (Å²) in [7, 11) is 1.83. The molecule has 6 nitrogen and oxygen atoms in total. The second kappa shape index (κ2) is 9.76. The molecular weight excluding hydrogens is 399 g/mol. The molecule has 3 aromatic rings. The Morgan fingerprint density at radius 2 is 1.68 bits per heavy atom. The third-order valence-corrected chi connectivity index (χ3v) is 4.95. The van der Waals surface area contributed by atoms with E-state index in [1.54, 1.807) is 67.4 Å². The van der Waals surface area contributed by atoms with E-state index in [4.69, 9.17) is 9.47 Å². The van der Waals surface area contributed by atoms with Crippen LogP contribution < -0.4 is 15.0 Å². The molecule has 0 saturated heterocycles. The van der Waals surface area contributed by atoms with E-state index < -0.39 is 5.72 Å². The van der Waals surface area contributed by atoms with Gasteiger partial charge in [0.15, 0.2) is 0 Å². The van der Waals surface area contributed by atoms with Crippen molar-refractivity contribution in [3.8, 4) is 17.2 Å². The predicted molar refractivity (Wildman–Crippen MR) is 117 cm³/mol. The summed E-state index contributed by atoms with van der Waals surface area (Å²) in [4.78, 5) is 14.3. The molecule has 0 amide bonds. The van der Waals surface area contributed by atoms with Gasteiger partial charge in [0.25, 0.3) is 5.56 Å². The Hall–Kier alpha value is -3.16. The topological polar surface area (TPSA) is 63.9 Å². The lowest BCUT2D eigenvalue weighted by Crippen LogP contribution is -2.42. The van der Waals surface area contributed by atoms with Gasteiger partial charge in [-0.05, 0) is 68.9 Å². The number of rotatable bonds is 9. The highest BCUT2D eigenvalue weighted by atomic mass is 19.1. The van der Waals surface area contributed by atoms with E-state index in [0.29, 0.717) is 30.3 Å². The van der Waals surface area contributed by atoms with Crippen molar-refractivity contribution < 1.29 is 19.0 Å². The van der Waals surface area contributed by atoms with Crippen LogP contribution >= 0.6 is 0 Å². The maximum atomic E-state index is 13.0. The first-order valence-electron chi connectivity index (χ1n) is 9.99. The van der Waals surface area contributed by atoms with E-state index >= 15 is 0 Å². The quantitative estimate of drug-likeness (QED) is 0.530. The van der Waals surface area contributed by atoms with Crippen molar-refractivity contribution in [2.45, 2.75) is 26.2 Å². The van der Waals surface area contributed by atoms with Gasteiger partial charge in [-0.1, -0.05) is 12.1 Å². The lowest BCUT2D eigenvalue weighted by Gasteiger charge is -2.29. The van der Waals surface area contributed by atoms with Gasteiger partial charge in [0.1, 0.15) is 36.3 Å². The van der Waals surface area contributed by atoms with Gasteiger partial charge in [-0.2, -0.15) is 0 Å². The summed E-state index contributed by atoms with van der Waals surface area (Å²) in [6.07, 6.45) is 1.65. The fraction of sp³-hybridized carbons (Fsp3) is 0.292. The van der Waals surface area contributed by atoms with Gasteiger partial charge in [-0.3, -0.25) is 14.3 Å². The normalized spacial score (nSPS) is 11.5. The molecular formula is C24H27FN2O4. The molecule has 0 saturated carbocycles. The van der Waals surface area contributed by atoms with Gasteiger partial charge >= 0.3 is 0 Å². The Kier molecular flexibility index (Phi) is 7.09. The molecule has 0 aliphatic heterocycles. The zero-order valence-electron chi connectivity index (χ0n) is 17.9. The van der Waals surface area contributed by atoms with E-state index in [0.717, 1.165) is 5.56 Å². The molecule has 0 unspecified atom stereocenters. The van der Waals surface area contributed by atoms with Crippen LogP contribution in [0.3, 0.4) is 0 Å². The first-order valence-corrected chi connectivity index (χ1v) is 9.99. The summed E-state index contributed by atoms with van der Waals surface area (Å²) in [5.74, 6) is 0.825. The number of likely N-dealkylation sites (N-methyl/N-ethyl adjacent to an activating group) is 1. The first kappa shape index (κ1) is 22.5. The Morgan fingerprint density at radius 3 is 2.29 bits per heavy atom. The van der Waals surface area contributed by atoms with Crippen molar-refractivity contribution in [1.29, 1.82) is 0 Å². The fourth-order valence-electron chi connectivity index (χ4n) is 2.79. The van der Waals surface area contributed by atoms with Crippen molar-refractivity contribution in [3.05, 3.63) is 88.6 Å². The van der Waals surface area contributed by atoms with Crippen LogP contribution in [0.1, 0.15) is 19.4 Å². The number of pyridine rings is 1. The van der Waals surface area contributed by atoms with E-state index in [1.807, 2.05) is 7.05 Å². The second-order valence-electron chi connectivity index (χ2n) is 7.74. The predicted octanol–water partition coefficient (Wildman–Crippen LogP) is 3.59. The van der Waals surface area contributed by atoms with Crippen LogP contribution in [0.25, 0.3) is 5.69 Å². The van der Waals surface area contributed by atoms with Crippen molar-refractivity contribution in [2.75, 3.05) is 20.2 Å². The van der Waals surface area contributed by atoms with Crippen LogP contribution in [0, 0.1) is 5.82 Å². The van der Waals surface area contributed by atoms with Crippen LogP contribution in [0.2, 0.25) is 0 Å². The lowest BCUT2D eigenvalue weighted by molar-refractivity contribution is -0.0670. The first-order chi connectivity index (χ1) is 14.7. The Bertz CT molecular complexity index is 1040. The number of hydrogen-bond donors (Lipinski definition) is 1. The molecule has 31 heavy (non-hydrogen) atoms. The maximum Gasteiger partial charge on any atom is 0.258 e. The van der Waals surface area contributed by atoms with E-state index in [1.165, 1.54) is 22.8 Å². The molecule has 0 fully saturated rings. The van der Waals surface area contributed by atoms with Crippen LogP contribution in [0.4, 0.5) is 4.39 Å². The molecule has 7 heteroatoms. The minimum Gasteiger partial charge on any atom is -0.492 e. The molecule has 0 spiro atoms. The number of benzene rings is 2. The van der Waals surface area contributed by atoms with E-state index in [-0.39, 0.29) is 18.0 Å². The SMILES string of the molecule is CN(CCOc1ccc(-n2ccc(OCc3ccc(F)cc3)cc2=O)cc1)C(C)(C)O. The molecule has 1 heterocycles. The van der Waals surface area contributed by atoms with Crippen molar-refractivity contribution >= 4 is 0 Å². The molecule has 0 aliphatic carbocycles. The molecule has 164 valence electrons. The largest absolute Gasteiger partial charge is 0.492 e. The molecule has 2 aromatic carbocycles. The van der Waals surface area contributed by atoms with Crippen LogP contribution in [0.15, 0.2) is 71.7 Å². The van der Waals surface area contributed by atoms with Gasteiger partial charge < -0.3 is 14.6 Å². The van der Waals surface area contributed by atoms with Crippen LogP contribution in [-0.4, -0.2) is 40.5 Å². The third kappa shape index (κ3) is 6.41. The zero-order valence-corrected chi connectivity index (χ0v) is 17.9. The number of nitrogens with zero attached hydrogens (tertiary/aromatic N) is 2. The second-order valence-corrected chi connectivity index (χ2v) is 7.74. The molecule has 1 N–H and O–H groups in total. The Balaban J connectivity index is 1.58. The summed E-state index contributed by atoms with van der Waals surface area (Å²) in [5, 5.41) is 9.91. The smallest absolute Gasteiger partial charge is 0.258 e. The van der Waals surface area contributed by atoms with Gasteiger partial charge in [0, 0.05) is 24.5 Å². The zero-order chi connectivity index (χ0) is 22.4. The minimum absolute atomic E-state index is 0.225. The number of aliphatic hydroxyl groups is 1. The average molecular weight is 426 g/mol. The standard InChI is InChI=1S/C24H27FN2O4/c1-24(2,29)26(3)14-15-30-21-10-8-20(9-11-21)27-13-12-22(16-23(27)28)31-17-18-4-6-19(25)7-5-18/h4-13,16,29H,14-15,17H2,1-3H3. The van der Waals surface area contributed by atoms with Crippen molar-refractivity contribution in [3.63, 3.8) is 0 Å². The highest BCUT2D eigenvalue weighted by Gasteiger charge is 2.18. The minimum atomic E-state index is -0.900. The molecule has 1 aromatic heterocycles. The van der Waals surface area contributed by atoms with Gasteiger partial charge in [-0.25, -0.2) is 4.39 Å². The molecule has 0 aliphatic rings. The molecule has 0 radical (unpaired) electrons. The molecule has 3 rings (SSSR count). The summed E-state index contributed by atoms with van der Waals surface area (Å²) >= 11 is 0. The highest BCUT2D eigenvalue weighted by molar-refractivity contribution is 5.38. The van der Waals surface area contributed by atoms with Gasteiger partial charge in [0.05, 0.1) is 0 Å².